The van der Waals surface area contributed by atoms with Crippen LogP contribution in [0.15, 0.2) is 42.6 Å². The minimum absolute atomic E-state index is 0.0662. The summed E-state index contributed by atoms with van der Waals surface area (Å²) in [6.07, 6.45) is 7.48. The number of hydrogen-bond acceptors (Lipinski definition) is 6. The molecule has 1 aromatic heterocycles. The fourth-order valence-corrected chi connectivity index (χ4v) is 6.45. The van der Waals surface area contributed by atoms with Gasteiger partial charge < -0.3 is 15.2 Å². The van der Waals surface area contributed by atoms with Gasteiger partial charge in [-0.3, -0.25) is 10.2 Å². The van der Waals surface area contributed by atoms with E-state index < -0.39 is 5.60 Å². The van der Waals surface area contributed by atoms with Crippen LogP contribution in [0.2, 0.25) is 0 Å². The molecule has 2 heterocycles. The smallest absolute Gasteiger partial charge is 0.223 e. The monoisotopic (exact) mass is 510 g/mol. The average molecular weight is 511 g/mol. The normalized spacial score (nSPS) is 31.6. The Morgan fingerprint density at radius 3 is 2.81 bits per heavy atom. The Bertz CT molecular complexity index is 1080. The maximum Gasteiger partial charge on any atom is 0.223 e. The summed E-state index contributed by atoms with van der Waals surface area (Å²) in [5.41, 5.74) is 7.47. The van der Waals surface area contributed by atoms with Crippen molar-refractivity contribution in [1.29, 1.82) is 0 Å². The molecule has 4 N–H and O–H groups in total. The number of hydrazine groups is 1. The molecule has 2 aromatic rings. The molecule has 1 amide bonds. The third-order valence-electron chi connectivity index (χ3n) is 8.24. The zero-order valence-corrected chi connectivity index (χ0v) is 21.8. The molecule has 2 saturated carbocycles. The second kappa shape index (κ2) is 11.1. The van der Waals surface area contributed by atoms with Crippen molar-refractivity contribution in [3.05, 3.63) is 59.5 Å². The Labute approximate surface area is 218 Å². The van der Waals surface area contributed by atoms with E-state index in [-0.39, 0.29) is 48.2 Å². The quantitative estimate of drug-likeness (QED) is 0.450. The first kappa shape index (κ1) is 26.1. The van der Waals surface area contributed by atoms with Gasteiger partial charge in [0.2, 0.25) is 11.8 Å². The topological polar surface area (TPSA) is 95.5 Å². The Morgan fingerprint density at radius 2 is 2.05 bits per heavy atom. The zero-order valence-electron chi connectivity index (χ0n) is 21.8. The number of fused-ring (bicyclic) bond motifs is 1. The molecule has 6 atom stereocenters. The molecule has 3 aliphatic rings. The van der Waals surface area contributed by atoms with Crippen LogP contribution < -0.4 is 20.9 Å². The van der Waals surface area contributed by atoms with Crippen LogP contribution in [0.5, 0.6) is 5.88 Å². The predicted octanol–water partition coefficient (Wildman–Crippen LogP) is 3.97. The number of carbonyl (C=O) groups excluding carboxylic acids is 1. The summed E-state index contributed by atoms with van der Waals surface area (Å²) >= 11 is 0. The van der Waals surface area contributed by atoms with E-state index in [0.717, 1.165) is 37.7 Å². The lowest BCUT2D eigenvalue weighted by Gasteiger charge is -2.39. The Hall–Kier alpha value is -2.55. The van der Waals surface area contributed by atoms with Crippen molar-refractivity contribution < 1.29 is 19.0 Å². The minimum Gasteiger partial charge on any atom is -0.475 e. The third-order valence-corrected chi connectivity index (χ3v) is 8.24. The maximum absolute atomic E-state index is 14.2. The summed E-state index contributed by atoms with van der Waals surface area (Å²) < 4.78 is 19.9. The molecule has 2 aliphatic carbocycles. The Kier molecular flexibility index (Phi) is 7.79. The lowest BCUT2D eigenvalue weighted by Crippen LogP contribution is -2.49. The molecule has 1 aliphatic heterocycles. The largest absolute Gasteiger partial charge is 0.475 e. The molecule has 200 valence electrons. The number of aromatic nitrogens is 1. The predicted molar refractivity (Wildman–Crippen MR) is 139 cm³/mol. The summed E-state index contributed by atoms with van der Waals surface area (Å²) in [6, 6.07) is 10.9. The van der Waals surface area contributed by atoms with E-state index in [1.807, 2.05) is 26.1 Å². The first-order valence-electron chi connectivity index (χ1n) is 13.7. The van der Waals surface area contributed by atoms with Crippen LogP contribution in [-0.4, -0.2) is 39.8 Å². The fourth-order valence-electron chi connectivity index (χ4n) is 6.45. The van der Waals surface area contributed by atoms with Gasteiger partial charge in [0.25, 0.3) is 0 Å². The van der Waals surface area contributed by atoms with Gasteiger partial charge >= 0.3 is 0 Å². The SMILES string of the molecule is CC(C)Oc1ccc(C2NNC3CCC(C(=O)N[C@@H]4CCC[C@](O)(Cc5ccccc5F)C4)CC32)cn1. The molecule has 0 bridgehead atoms. The van der Waals surface area contributed by atoms with Crippen molar-refractivity contribution in [2.45, 2.75) is 95.0 Å². The first-order chi connectivity index (χ1) is 17.8. The summed E-state index contributed by atoms with van der Waals surface area (Å²) in [7, 11) is 0. The van der Waals surface area contributed by atoms with Crippen LogP contribution >= 0.6 is 0 Å². The second-order valence-corrected chi connectivity index (χ2v) is 11.4. The van der Waals surface area contributed by atoms with Gasteiger partial charge in [-0.2, -0.15) is 0 Å². The van der Waals surface area contributed by atoms with Crippen LogP contribution in [0.1, 0.15) is 76.0 Å². The molecular weight excluding hydrogens is 471 g/mol. The van der Waals surface area contributed by atoms with Gasteiger partial charge in [0, 0.05) is 36.7 Å². The van der Waals surface area contributed by atoms with Crippen LogP contribution in [0.4, 0.5) is 4.39 Å². The minimum atomic E-state index is -1.00. The number of ether oxygens (including phenoxy) is 1. The number of benzene rings is 1. The van der Waals surface area contributed by atoms with Gasteiger partial charge in [-0.15, -0.1) is 0 Å². The molecule has 0 spiro atoms. The van der Waals surface area contributed by atoms with Crippen LogP contribution in [0.25, 0.3) is 0 Å². The number of amides is 1. The van der Waals surface area contributed by atoms with Gasteiger partial charge in [0.1, 0.15) is 5.82 Å². The van der Waals surface area contributed by atoms with E-state index in [9.17, 15) is 14.3 Å². The van der Waals surface area contributed by atoms with Crippen LogP contribution in [-0.2, 0) is 11.2 Å². The molecule has 1 aromatic carbocycles. The van der Waals surface area contributed by atoms with Gasteiger partial charge in [0.15, 0.2) is 0 Å². The first-order valence-corrected chi connectivity index (χ1v) is 13.7. The van der Waals surface area contributed by atoms with Crippen molar-refractivity contribution >= 4 is 5.91 Å². The number of pyridine rings is 1. The summed E-state index contributed by atoms with van der Waals surface area (Å²) in [4.78, 5) is 17.8. The number of halogens is 1. The molecule has 1 saturated heterocycles. The highest BCUT2D eigenvalue weighted by Crippen LogP contribution is 2.41. The standard InChI is InChI=1S/C29H39FN4O3/c1-18(2)37-26-12-10-21(17-31-26)27-23-14-19(9-11-25(23)33-34-27)28(35)32-22-7-5-13-29(36,16-22)15-20-6-3-4-8-24(20)30/h3-4,6,8,10,12,17-19,22-23,25,27,33-34,36H,5,7,9,11,13-16H2,1-2H3,(H,32,35)/t19?,22-,23?,25?,27?,29+/m1/s1. The van der Waals surface area contributed by atoms with E-state index in [2.05, 4.69) is 27.2 Å². The number of aliphatic hydroxyl groups is 1. The highest BCUT2D eigenvalue weighted by molar-refractivity contribution is 5.79. The van der Waals surface area contributed by atoms with E-state index in [1.54, 1.807) is 18.2 Å². The van der Waals surface area contributed by atoms with Crippen molar-refractivity contribution in [3.8, 4) is 5.88 Å². The number of nitrogens with zero attached hydrogens (tertiary/aromatic N) is 1. The number of hydrogen-bond donors (Lipinski definition) is 4. The van der Waals surface area contributed by atoms with E-state index >= 15 is 0 Å². The Balaban J connectivity index is 1.19. The summed E-state index contributed by atoms with van der Waals surface area (Å²) in [6.45, 7) is 3.96. The molecule has 7 nitrogen and oxygen atoms in total. The van der Waals surface area contributed by atoms with Gasteiger partial charge in [0.05, 0.1) is 17.7 Å². The van der Waals surface area contributed by atoms with Crippen LogP contribution in [0, 0.1) is 17.7 Å². The number of rotatable bonds is 7. The molecule has 8 heteroatoms. The number of carbonyl (C=O) groups is 1. The highest BCUT2D eigenvalue weighted by Gasteiger charge is 2.43. The highest BCUT2D eigenvalue weighted by atomic mass is 19.1. The van der Waals surface area contributed by atoms with Crippen molar-refractivity contribution in [2.24, 2.45) is 11.8 Å². The lowest BCUT2D eigenvalue weighted by molar-refractivity contribution is -0.128. The van der Waals surface area contributed by atoms with Gasteiger partial charge in [-0.1, -0.05) is 24.3 Å². The van der Waals surface area contributed by atoms with E-state index in [4.69, 9.17) is 4.74 Å². The summed E-state index contributed by atoms with van der Waals surface area (Å²) in [5.74, 6) is 0.619. The van der Waals surface area contributed by atoms with E-state index in [0.29, 0.717) is 30.3 Å². The van der Waals surface area contributed by atoms with Crippen LogP contribution in [0.3, 0.4) is 0 Å². The molecular formula is C29H39FN4O3. The number of nitrogens with one attached hydrogen (secondary N) is 3. The molecule has 0 radical (unpaired) electrons. The third kappa shape index (κ3) is 6.13. The van der Waals surface area contributed by atoms with Crippen molar-refractivity contribution in [2.75, 3.05) is 0 Å². The lowest BCUT2D eigenvalue weighted by atomic mass is 9.74. The molecule has 5 rings (SSSR count). The summed E-state index contributed by atoms with van der Waals surface area (Å²) in [5, 5.41) is 14.5. The second-order valence-electron chi connectivity index (χ2n) is 11.4. The Morgan fingerprint density at radius 1 is 1.22 bits per heavy atom. The molecule has 4 unspecified atom stereocenters. The van der Waals surface area contributed by atoms with E-state index in [1.165, 1.54) is 6.07 Å². The zero-order chi connectivity index (χ0) is 26.0. The molecule has 37 heavy (non-hydrogen) atoms. The maximum atomic E-state index is 14.2. The van der Waals surface area contributed by atoms with Crippen molar-refractivity contribution in [1.82, 2.24) is 21.2 Å². The van der Waals surface area contributed by atoms with Gasteiger partial charge in [-0.05, 0) is 81.9 Å². The van der Waals surface area contributed by atoms with Gasteiger partial charge in [-0.25, -0.2) is 14.8 Å². The molecule has 3 fully saturated rings. The average Bonchev–Trinajstić information content (AvgIpc) is 3.29. The van der Waals surface area contributed by atoms with Crippen molar-refractivity contribution in [3.63, 3.8) is 0 Å². The fraction of sp³-hybridized carbons (Fsp3) is 0.586.